The van der Waals surface area contributed by atoms with E-state index in [2.05, 4.69) is 5.32 Å². The minimum absolute atomic E-state index is 0.0329. The van der Waals surface area contributed by atoms with Crippen molar-refractivity contribution in [2.45, 2.75) is 13.8 Å². The largest absolute Gasteiger partial charge is 0.508 e. The monoisotopic (exact) mass is 299 g/mol. The molecule has 2 aromatic rings. The van der Waals surface area contributed by atoms with E-state index in [1.165, 1.54) is 24.3 Å². The van der Waals surface area contributed by atoms with Gasteiger partial charge in [0.25, 0.3) is 5.91 Å². The number of aryl methyl sites for hydroxylation is 2. The average molecular weight is 299 g/mol. The lowest BCUT2D eigenvalue weighted by atomic mass is 10.1. The minimum atomic E-state index is -0.660. The van der Waals surface area contributed by atoms with Crippen LogP contribution in [0.5, 0.6) is 5.75 Å². The highest BCUT2D eigenvalue weighted by atomic mass is 16.5. The number of para-hydroxylation sites is 1. The van der Waals surface area contributed by atoms with Crippen LogP contribution in [0.4, 0.5) is 5.69 Å². The molecule has 2 N–H and O–H groups in total. The number of benzene rings is 2. The fourth-order valence-electron chi connectivity index (χ4n) is 2.03. The Balaban J connectivity index is 1.94. The van der Waals surface area contributed by atoms with E-state index in [1.54, 1.807) is 0 Å². The molecule has 0 saturated heterocycles. The molecule has 0 heterocycles. The summed E-state index contributed by atoms with van der Waals surface area (Å²) in [5.74, 6) is -1.10. The van der Waals surface area contributed by atoms with Crippen LogP contribution < -0.4 is 5.32 Å². The molecule has 5 heteroatoms. The summed E-state index contributed by atoms with van der Waals surface area (Å²) in [5.41, 5.74) is 2.79. The highest BCUT2D eigenvalue weighted by Crippen LogP contribution is 2.19. The molecule has 5 nitrogen and oxygen atoms in total. The number of phenolic OH excluding ortho intramolecular Hbond substituents is 1. The molecule has 0 bridgehead atoms. The van der Waals surface area contributed by atoms with Crippen LogP contribution in [0.2, 0.25) is 0 Å². The van der Waals surface area contributed by atoms with Gasteiger partial charge in [0.15, 0.2) is 6.61 Å². The zero-order valence-corrected chi connectivity index (χ0v) is 12.4. The Bertz CT molecular complexity index is 689. The number of carbonyl (C=O) groups excluding carboxylic acids is 2. The predicted octanol–water partition coefficient (Wildman–Crippen LogP) is 2.80. The molecule has 22 heavy (non-hydrogen) atoms. The SMILES string of the molecule is Cc1cccc(C)c1NC(=O)COC(=O)c1cccc(O)c1. The summed E-state index contributed by atoms with van der Waals surface area (Å²) in [6, 6.07) is 11.5. The number of nitrogens with one attached hydrogen (secondary N) is 1. The molecular weight excluding hydrogens is 282 g/mol. The Morgan fingerprint density at radius 2 is 1.73 bits per heavy atom. The first-order valence-electron chi connectivity index (χ1n) is 6.79. The van der Waals surface area contributed by atoms with Crippen molar-refractivity contribution >= 4 is 17.6 Å². The van der Waals surface area contributed by atoms with Gasteiger partial charge >= 0.3 is 5.97 Å². The molecule has 0 aliphatic carbocycles. The second-order valence-corrected chi connectivity index (χ2v) is 4.94. The van der Waals surface area contributed by atoms with Gasteiger partial charge in [0, 0.05) is 5.69 Å². The van der Waals surface area contributed by atoms with E-state index >= 15 is 0 Å². The van der Waals surface area contributed by atoms with Crippen LogP contribution in [0.1, 0.15) is 21.5 Å². The molecule has 0 atom stereocenters. The van der Waals surface area contributed by atoms with Crippen LogP contribution in [0.3, 0.4) is 0 Å². The maximum Gasteiger partial charge on any atom is 0.338 e. The third kappa shape index (κ3) is 3.85. The van der Waals surface area contributed by atoms with E-state index in [0.29, 0.717) is 0 Å². The van der Waals surface area contributed by atoms with Crippen LogP contribution in [0, 0.1) is 13.8 Å². The summed E-state index contributed by atoms with van der Waals surface area (Å²) in [4.78, 5) is 23.7. The Morgan fingerprint density at radius 3 is 2.36 bits per heavy atom. The van der Waals surface area contributed by atoms with E-state index in [9.17, 15) is 14.7 Å². The Morgan fingerprint density at radius 1 is 1.09 bits per heavy atom. The number of hydrogen-bond acceptors (Lipinski definition) is 4. The molecule has 2 rings (SSSR count). The van der Waals surface area contributed by atoms with Gasteiger partial charge in [-0.05, 0) is 43.2 Å². The van der Waals surface area contributed by atoms with Crippen LogP contribution in [0.25, 0.3) is 0 Å². The average Bonchev–Trinajstić information content (AvgIpc) is 2.48. The van der Waals surface area contributed by atoms with Gasteiger partial charge in [0.1, 0.15) is 5.75 Å². The molecule has 0 unspecified atom stereocenters. The number of amides is 1. The Hall–Kier alpha value is -2.82. The highest BCUT2D eigenvalue weighted by molar-refractivity contribution is 5.96. The first kappa shape index (κ1) is 15.6. The minimum Gasteiger partial charge on any atom is -0.508 e. The number of phenols is 1. The first-order chi connectivity index (χ1) is 10.5. The molecule has 0 saturated carbocycles. The van der Waals surface area contributed by atoms with Gasteiger partial charge in [-0.2, -0.15) is 0 Å². The normalized spacial score (nSPS) is 10.1. The number of ether oxygens (including phenoxy) is 1. The Labute approximate surface area is 128 Å². The van der Waals surface area contributed by atoms with E-state index in [4.69, 9.17) is 4.74 Å². The second-order valence-electron chi connectivity index (χ2n) is 4.94. The van der Waals surface area contributed by atoms with Gasteiger partial charge in [-0.25, -0.2) is 4.79 Å². The number of aromatic hydroxyl groups is 1. The number of anilines is 1. The maximum absolute atomic E-state index is 11.9. The quantitative estimate of drug-likeness (QED) is 0.851. The summed E-state index contributed by atoms with van der Waals surface area (Å²) in [6.45, 7) is 3.39. The van der Waals surface area contributed by atoms with Gasteiger partial charge in [-0.3, -0.25) is 4.79 Å². The molecule has 114 valence electrons. The second kappa shape index (κ2) is 6.76. The van der Waals surface area contributed by atoms with E-state index in [1.807, 2.05) is 32.0 Å². The molecular formula is C17H17NO4. The van der Waals surface area contributed by atoms with E-state index in [-0.39, 0.29) is 17.9 Å². The maximum atomic E-state index is 11.9. The van der Waals surface area contributed by atoms with Crippen molar-refractivity contribution in [3.8, 4) is 5.75 Å². The van der Waals surface area contributed by atoms with Crippen LogP contribution >= 0.6 is 0 Å². The van der Waals surface area contributed by atoms with Gasteiger partial charge in [-0.15, -0.1) is 0 Å². The van der Waals surface area contributed by atoms with Crippen molar-refractivity contribution in [2.24, 2.45) is 0 Å². The molecule has 0 spiro atoms. The zero-order chi connectivity index (χ0) is 16.1. The zero-order valence-electron chi connectivity index (χ0n) is 12.4. The summed E-state index contributed by atoms with van der Waals surface area (Å²) in [6.07, 6.45) is 0. The van der Waals surface area contributed by atoms with Gasteiger partial charge in [0.2, 0.25) is 0 Å². The van der Waals surface area contributed by atoms with Crippen molar-refractivity contribution in [3.63, 3.8) is 0 Å². The summed E-state index contributed by atoms with van der Waals surface area (Å²) < 4.78 is 4.93. The molecule has 0 aliphatic heterocycles. The fraction of sp³-hybridized carbons (Fsp3) is 0.176. The van der Waals surface area contributed by atoms with E-state index < -0.39 is 11.9 Å². The van der Waals surface area contributed by atoms with Gasteiger partial charge in [-0.1, -0.05) is 24.3 Å². The molecule has 2 aromatic carbocycles. The van der Waals surface area contributed by atoms with Crippen LogP contribution in [0.15, 0.2) is 42.5 Å². The number of rotatable bonds is 4. The fourth-order valence-corrected chi connectivity index (χ4v) is 2.03. The standard InChI is InChI=1S/C17H17NO4/c1-11-5-3-6-12(2)16(11)18-15(20)10-22-17(21)13-7-4-8-14(19)9-13/h3-9,19H,10H2,1-2H3,(H,18,20). The number of hydrogen-bond donors (Lipinski definition) is 2. The third-order valence-electron chi connectivity index (χ3n) is 3.16. The predicted molar refractivity (Wildman–Crippen MR) is 82.9 cm³/mol. The summed E-state index contributed by atoms with van der Waals surface area (Å²) in [7, 11) is 0. The van der Waals surface area contributed by atoms with Crippen molar-refractivity contribution in [3.05, 3.63) is 59.2 Å². The van der Waals surface area contributed by atoms with Gasteiger partial charge in [0.05, 0.1) is 5.56 Å². The van der Waals surface area contributed by atoms with E-state index in [0.717, 1.165) is 16.8 Å². The van der Waals surface area contributed by atoms with Crippen LogP contribution in [-0.4, -0.2) is 23.6 Å². The molecule has 0 aromatic heterocycles. The lowest BCUT2D eigenvalue weighted by molar-refractivity contribution is -0.119. The first-order valence-corrected chi connectivity index (χ1v) is 6.79. The van der Waals surface area contributed by atoms with Crippen molar-refractivity contribution < 1.29 is 19.4 Å². The molecule has 0 radical (unpaired) electrons. The lowest BCUT2D eigenvalue weighted by Gasteiger charge is -2.11. The van der Waals surface area contributed by atoms with Crippen molar-refractivity contribution in [2.75, 3.05) is 11.9 Å². The third-order valence-corrected chi connectivity index (χ3v) is 3.16. The highest BCUT2D eigenvalue weighted by Gasteiger charge is 2.12. The summed E-state index contributed by atoms with van der Waals surface area (Å²) in [5, 5.41) is 12.0. The topological polar surface area (TPSA) is 75.6 Å². The molecule has 0 aliphatic rings. The van der Waals surface area contributed by atoms with Crippen molar-refractivity contribution in [1.29, 1.82) is 0 Å². The van der Waals surface area contributed by atoms with Gasteiger partial charge < -0.3 is 15.2 Å². The van der Waals surface area contributed by atoms with Crippen molar-refractivity contribution in [1.82, 2.24) is 0 Å². The summed E-state index contributed by atoms with van der Waals surface area (Å²) >= 11 is 0. The Kier molecular flexibility index (Phi) is 4.78. The smallest absolute Gasteiger partial charge is 0.338 e. The number of carbonyl (C=O) groups is 2. The van der Waals surface area contributed by atoms with Crippen LogP contribution in [-0.2, 0) is 9.53 Å². The lowest BCUT2D eigenvalue weighted by Crippen LogP contribution is -2.21. The molecule has 1 amide bonds. The molecule has 0 fully saturated rings. The number of esters is 1.